The Morgan fingerprint density at radius 3 is 2.49 bits per heavy atom. The zero-order valence-corrected chi connectivity index (χ0v) is 22.2. The standard InChI is InChI=1S/C26H22Cl2F3N5O3/c1-4-9-36(12-16-17(27)10-33-11-18(16)28)25(37)22-23(13(2)32)39-24(35-22)15-5-7-19(38-3)21-14(15)6-8-20(34-21)26(29,30)31/h4-8,10-11,13H,1,9,12,32H2,2-3H3/t13-/m0/s1. The lowest BCUT2D eigenvalue weighted by Crippen LogP contribution is -2.32. The van der Waals surface area contributed by atoms with Crippen LogP contribution in [0.15, 0.2) is 53.7 Å². The van der Waals surface area contributed by atoms with Crippen molar-refractivity contribution in [1.82, 2.24) is 19.9 Å². The number of nitrogens with zero attached hydrogens (tertiary/aromatic N) is 4. The molecular formula is C26H22Cl2F3N5O3. The van der Waals surface area contributed by atoms with E-state index in [1.165, 1.54) is 42.6 Å². The van der Waals surface area contributed by atoms with Crippen LogP contribution in [0.5, 0.6) is 5.75 Å². The van der Waals surface area contributed by atoms with Crippen molar-refractivity contribution < 1.29 is 27.1 Å². The molecule has 0 spiro atoms. The minimum absolute atomic E-state index is 0.0151. The summed E-state index contributed by atoms with van der Waals surface area (Å²) >= 11 is 12.5. The average molecular weight is 580 g/mol. The van der Waals surface area contributed by atoms with E-state index in [-0.39, 0.29) is 57.1 Å². The van der Waals surface area contributed by atoms with Crippen molar-refractivity contribution in [2.45, 2.75) is 25.7 Å². The summed E-state index contributed by atoms with van der Waals surface area (Å²) in [5.41, 5.74) is 5.67. The Morgan fingerprint density at radius 1 is 1.21 bits per heavy atom. The van der Waals surface area contributed by atoms with Crippen LogP contribution in [0.25, 0.3) is 22.4 Å². The summed E-state index contributed by atoms with van der Waals surface area (Å²) in [6.45, 7) is 5.45. The van der Waals surface area contributed by atoms with E-state index in [1.54, 1.807) is 13.0 Å². The van der Waals surface area contributed by atoms with Crippen LogP contribution in [0, 0.1) is 0 Å². The minimum Gasteiger partial charge on any atom is -0.494 e. The van der Waals surface area contributed by atoms with Gasteiger partial charge in [-0.1, -0.05) is 29.3 Å². The first-order valence-electron chi connectivity index (χ1n) is 11.5. The predicted octanol–water partition coefficient (Wildman–Crippen LogP) is 6.47. The summed E-state index contributed by atoms with van der Waals surface area (Å²) < 4.78 is 51.2. The molecule has 0 unspecified atom stereocenters. The van der Waals surface area contributed by atoms with Crippen LogP contribution < -0.4 is 10.5 Å². The number of methoxy groups -OCH3 is 1. The number of nitrogens with two attached hydrogens (primary N) is 1. The van der Waals surface area contributed by atoms with Crippen LogP contribution in [-0.4, -0.2) is 39.4 Å². The largest absolute Gasteiger partial charge is 0.494 e. The van der Waals surface area contributed by atoms with Gasteiger partial charge in [-0.25, -0.2) is 9.97 Å². The van der Waals surface area contributed by atoms with Gasteiger partial charge in [-0.3, -0.25) is 9.78 Å². The first kappa shape index (κ1) is 28.3. The normalized spacial score (nSPS) is 12.4. The number of carbonyl (C=O) groups excluding carboxylic acids is 1. The molecule has 0 radical (unpaired) electrons. The van der Waals surface area contributed by atoms with Crippen LogP contribution >= 0.6 is 23.2 Å². The van der Waals surface area contributed by atoms with Crippen LogP contribution in [0.4, 0.5) is 13.2 Å². The third-order valence-corrected chi connectivity index (χ3v) is 6.42. The van der Waals surface area contributed by atoms with Gasteiger partial charge >= 0.3 is 6.18 Å². The topological polar surface area (TPSA) is 107 Å². The van der Waals surface area contributed by atoms with Crippen molar-refractivity contribution in [3.05, 3.63) is 82.1 Å². The molecule has 4 aromatic rings. The highest BCUT2D eigenvalue weighted by molar-refractivity contribution is 6.35. The van der Waals surface area contributed by atoms with Crippen molar-refractivity contribution in [3.8, 4) is 17.2 Å². The summed E-state index contributed by atoms with van der Waals surface area (Å²) in [5.74, 6) is -0.368. The summed E-state index contributed by atoms with van der Waals surface area (Å²) in [4.78, 5) is 27.2. The third kappa shape index (κ3) is 5.70. The molecule has 0 saturated heterocycles. The number of alkyl halides is 3. The van der Waals surface area contributed by atoms with Gasteiger partial charge in [-0.2, -0.15) is 13.2 Å². The second kappa shape index (κ2) is 11.2. The SMILES string of the molecule is C=CCN(Cc1c(Cl)cncc1Cl)C(=O)c1nc(-c2ccc(OC)c3nc(C(F)(F)F)ccc23)oc1[C@H](C)N. The number of pyridine rings is 2. The van der Waals surface area contributed by atoms with E-state index in [9.17, 15) is 18.0 Å². The number of halogens is 5. The second-order valence-corrected chi connectivity index (χ2v) is 9.30. The van der Waals surface area contributed by atoms with Crippen molar-refractivity contribution in [3.63, 3.8) is 0 Å². The van der Waals surface area contributed by atoms with E-state index in [4.69, 9.17) is 38.1 Å². The zero-order valence-electron chi connectivity index (χ0n) is 20.7. The summed E-state index contributed by atoms with van der Waals surface area (Å²) in [6.07, 6.45) is -0.314. The first-order valence-corrected chi connectivity index (χ1v) is 12.2. The molecule has 1 aromatic carbocycles. The van der Waals surface area contributed by atoms with E-state index in [0.29, 0.717) is 11.1 Å². The zero-order chi connectivity index (χ0) is 28.5. The molecule has 0 saturated carbocycles. The Balaban J connectivity index is 1.82. The number of rotatable bonds is 8. The van der Waals surface area contributed by atoms with Gasteiger partial charge in [0.05, 0.1) is 23.2 Å². The van der Waals surface area contributed by atoms with Gasteiger partial charge in [0.15, 0.2) is 11.5 Å². The molecule has 3 aromatic heterocycles. The molecule has 13 heteroatoms. The molecule has 8 nitrogen and oxygen atoms in total. The van der Waals surface area contributed by atoms with Crippen LogP contribution in [0.3, 0.4) is 0 Å². The van der Waals surface area contributed by atoms with Crippen molar-refractivity contribution >= 4 is 40.0 Å². The summed E-state index contributed by atoms with van der Waals surface area (Å²) in [7, 11) is 1.32. The molecule has 2 N–H and O–H groups in total. The lowest BCUT2D eigenvalue weighted by molar-refractivity contribution is -0.140. The van der Waals surface area contributed by atoms with Gasteiger partial charge in [0, 0.05) is 42.0 Å². The molecule has 0 aliphatic carbocycles. The molecule has 1 atom stereocenters. The number of oxazole rings is 1. The van der Waals surface area contributed by atoms with E-state index >= 15 is 0 Å². The summed E-state index contributed by atoms with van der Waals surface area (Å²) in [5, 5.41) is 0.818. The molecular weight excluding hydrogens is 558 g/mol. The fraction of sp³-hybridized carbons (Fsp3) is 0.231. The Hall–Kier alpha value is -3.67. The molecule has 1 amide bonds. The lowest BCUT2D eigenvalue weighted by Gasteiger charge is -2.22. The maximum Gasteiger partial charge on any atom is 0.433 e. The van der Waals surface area contributed by atoms with E-state index < -0.39 is 23.8 Å². The Labute approximate surface area is 231 Å². The van der Waals surface area contributed by atoms with Gasteiger partial charge in [-0.05, 0) is 31.2 Å². The van der Waals surface area contributed by atoms with Crippen LogP contribution in [0.1, 0.15) is 40.5 Å². The third-order valence-electron chi connectivity index (χ3n) is 5.77. The molecule has 39 heavy (non-hydrogen) atoms. The highest BCUT2D eigenvalue weighted by Gasteiger charge is 2.33. The lowest BCUT2D eigenvalue weighted by atomic mass is 10.1. The maximum absolute atomic E-state index is 13.7. The van der Waals surface area contributed by atoms with E-state index in [0.717, 1.165) is 6.07 Å². The smallest absolute Gasteiger partial charge is 0.433 e. The van der Waals surface area contributed by atoms with Gasteiger partial charge < -0.3 is 19.8 Å². The fourth-order valence-corrected chi connectivity index (χ4v) is 4.40. The number of carbonyl (C=O) groups is 1. The number of amides is 1. The molecule has 0 aliphatic heterocycles. The van der Waals surface area contributed by atoms with Gasteiger partial charge in [0.2, 0.25) is 5.89 Å². The number of hydrogen-bond acceptors (Lipinski definition) is 7. The minimum atomic E-state index is -4.66. The number of benzene rings is 1. The molecule has 0 bridgehead atoms. The second-order valence-electron chi connectivity index (χ2n) is 8.48. The Kier molecular flexibility index (Phi) is 8.15. The van der Waals surface area contributed by atoms with Gasteiger partial charge in [0.1, 0.15) is 17.0 Å². The highest BCUT2D eigenvalue weighted by atomic mass is 35.5. The van der Waals surface area contributed by atoms with Crippen LogP contribution in [0.2, 0.25) is 10.0 Å². The number of ether oxygens (including phenoxy) is 1. The van der Waals surface area contributed by atoms with Gasteiger partial charge in [0.25, 0.3) is 5.91 Å². The molecule has 4 rings (SSSR count). The molecule has 204 valence electrons. The van der Waals surface area contributed by atoms with Crippen molar-refractivity contribution in [1.29, 1.82) is 0 Å². The number of aromatic nitrogens is 3. The van der Waals surface area contributed by atoms with Crippen LogP contribution in [-0.2, 0) is 12.7 Å². The Bertz CT molecular complexity index is 1540. The highest BCUT2D eigenvalue weighted by Crippen LogP contribution is 2.37. The van der Waals surface area contributed by atoms with Crippen molar-refractivity contribution in [2.75, 3.05) is 13.7 Å². The average Bonchev–Trinajstić information content (AvgIpc) is 3.34. The number of hydrogen-bond donors (Lipinski definition) is 1. The molecule has 0 aliphatic rings. The Morgan fingerprint density at radius 2 is 1.90 bits per heavy atom. The van der Waals surface area contributed by atoms with Gasteiger partial charge in [-0.15, -0.1) is 6.58 Å². The molecule has 0 fully saturated rings. The molecule has 3 heterocycles. The quantitative estimate of drug-likeness (QED) is 0.238. The fourth-order valence-electron chi connectivity index (χ4n) is 3.91. The maximum atomic E-state index is 13.7. The predicted molar refractivity (Wildman–Crippen MR) is 141 cm³/mol. The van der Waals surface area contributed by atoms with E-state index in [1.807, 2.05) is 0 Å². The van der Waals surface area contributed by atoms with E-state index in [2.05, 4.69) is 21.5 Å². The van der Waals surface area contributed by atoms with Crippen molar-refractivity contribution in [2.24, 2.45) is 5.73 Å². The summed E-state index contributed by atoms with van der Waals surface area (Å²) in [6, 6.07) is 4.35. The monoisotopic (exact) mass is 579 g/mol. The first-order chi connectivity index (χ1) is 18.5. The number of fused-ring (bicyclic) bond motifs is 1.